The van der Waals surface area contributed by atoms with Gasteiger partial charge in [0.2, 0.25) is 0 Å². The van der Waals surface area contributed by atoms with Crippen molar-refractivity contribution in [2.45, 2.75) is 77.0 Å². The molecule has 0 unspecified atom stereocenters. The minimum absolute atomic E-state index is 0.217. The van der Waals surface area contributed by atoms with E-state index < -0.39 is 29.1 Å². The Morgan fingerprint density at radius 1 is 0.358 bits per heavy atom. The maximum Gasteiger partial charge on any atom is -0.0195 e. The van der Waals surface area contributed by atoms with Crippen molar-refractivity contribution in [2.24, 2.45) is 0 Å². The van der Waals surface area contributed by atoms with Crippen molar-refractivity contribution in [1.82, 2.24) is 0 Å². The first-order chi connectivity index (χ1) is 26.0. The zero-order valence-electron chi connectivity index (χ0n) is 29.9. The van der Waals surface area contributed by atoms with Crippen LogP contribution in [0.15, 0.2) is 121 Å². The average Bonchev–Trinajstić information content (AvgIpc) is 3.21. The molecule has 0 N–H and O–H groups in total. The van der Waals surface area contributed by atoms with E-state index in [1.165, 1.54) is 111 Å². The number of rotatable bonds is 19. The van der Waals surface area contributed by atoms with Crippen LogP contribution in [0, 0.1) is 35.2 Å². The van der Waals surface area contributed by atoms with E-state index in [9.17, 15) is 22.0 Å². The second-order valence-corrected chi connectivity index (χ2v) is 17.3. The summed E-state index contributed by atoms with van der Waals surface area (Å²) in [4.78, 5) is 0. The first-order valence-corrected chi connectivity index (χ1v) is 24.1. The monoisotopic (exact) mass is 963 g/mol. The molecule has 0 aromatic heterocycles. The third-order valence-corrected chi connectivity index (χ3v) is 14.0. The molecule has 0 aliphatic carbocycles. The van der Waals surface area contributed by atoms with Crippen LogP contribution in [0.3, 0.4) is 0 Å². The predicted molar refractivity (Wildman–Crippen MR) is 214 cm³/mol. The molecular weight excluding hydrogens is 916 g/mol. The molecule has 0 aliphatic rings. The number of hydrogen-bond acceptors (Lipinski definition) is 0. The van der Waals surface area contributed by atoms with Crippen LogP contribution in [0.5, 0.6) is 0 Å². The first kappa shape index (κ1) is 45.0. The number of halogens is 6. The molecule has 5 aromatic rings. The van der Waals surface area contributed by atoms with Crippen molar-refractivity contribution in [1.29, 1.82) is 0 Å². The Kier molecular flexibility index (Phi) is 23.1. The van der Waals surface area contributed by atoms with Gasteiger partial charge < -0.3 is 0 Å². The Morgan fingerprint density at radius 2 is 0.585 bits per heavy atom. The summed E-state index contributed by atoms with van der Waals surface area (Å²) in [7, 11) is 4.18. The Morgan fingerprint density at radius 3 is 0.830 bits per heavy atom. The van der Waals surface area contributed by atoms with Crippen molar-refractivity contribution in [2.75, 3.05) is 12.3 Å². The minimum Gasteiger partial charge on any atom is -0.0622 e. The van der Waals surface area contributed by atoms with Crippen LogP contribution in [-0.2, 0) is 18.8 Å². The molecule has 53 heavy (non-hydrogen) atoms. The van der Waals surface area contributed by atoms with Gasteiger partial charge in [0.05, 0.1) is 29.1 Å². The van der Waals surface area contributed by atoms with Gasteiger partial charge in [-0.05, 0) is 62.2 Å². The zero-order valence-corrected chi connectivity index (χ0v) is 34.7. The van der Waals surface area contributed by atoms with Crippen molar-refractivity contribution in [3.8, 4) is 0 Å². The maximum absolute atomic E-state index is 12.0. The van der Waals surface area contributed by atoms with E-state index in [4.69, 9.17) is 0 Å². The van der Waals surface area contributed by atoms with Gasteiger partial charge in [-0.25, -0.2) is 13.2 Å². The number of benzene rings is 5. The van der Waals surface area contributed by atoms with Crippen molar-refractivity contribution < 1.29 is 40.7 Å². The summed E-state index contributed by atoms with van der Waals surface area (Å²) in [5, 5.41) is 6.10. The fourth-order valence-corrected chi connectivity index (χ4v) is 10.9. The van der Waals surface area contributed by atoms with Crippen LogP contribution in [0.4, 0.5) is 22.0 Å². The summed E-state index contributed by atoms with van der Waals surface area (Å²) in [5.41, 5.74) is 0. The molecule has 0 atom stereocenters. The molecule has 5 aromatic carbocycles. The van der Waals surface area contributed by atoms with Crippen LogP contribution < -0.4 is 21.2 Å². The number of unbranched alkanes of at least 4 members (excludes halogenated alkanes) is 11. The van der Waals surface area contributed by atoms with Gasteiger partial charge in [-0.2, -0.15) is 0 Å². The minimum atomic E-state index is -2.17. The second kappa shape index (κ2) is 27.2. The van der Waals surface area contributed by atoms with Crippen LogP contribution in [0.1, 0.15) is 77.0 Å². The van der Waals surface area contributed by atoms with E-state index in [0.29, 0.717) is 0 Å². The molecule has 0 heterocycles. The maximum atomic E-state index is 12.0. The molecule has 0 bridgehead atoms. The zero-order chi connectivity index (χ0) is 38.1. The summed E-state index contributed by atoms with van der Waals surface area (Å²) in [6.45, 7) is 0. The Balaban J connectivity index is 0.000000494. The quantitative estimate of drug-likeness (QED) is 0.0193. The molecule has 0 saturated heterocycles. The predicted octanol–water partition coefficient (Wildman–Crippen LogP) is 12.8. The fraction of sp³-hybridized carbons (Fsp3) is 0.318. The smallest absolute Gasteiger partial charge is 0.0195 e. The molecule has 286 valence electrons. The summed E-state index contributed by atoms with van der Waals surface area (Å²) < 4.78 is 59.9. The molecule has 0 saturated carbocycles. The van der Waals surface area contributed by atoms with Gasteiger partial charge in [-0.3, -0.25) is 8.78 Å². The van der Waals surface area contributed by atoms with Gasteiger partial charge in [-0.1, -0.05) is 186 Å². The Bertz CT molecular complexity index is 1470. The second-order valence-electron chi connectivity index (χ2n) is 12.6. The standard InChI is InChI=1S/C38H48P2.C6F5.ClH.Pt/c1(3-5-7-9-23-33-39(35-25-15-11-16-26-35)36-27-17-12-18-28-36)2-4-6-8-10-24-34-40(37-29-19-13-20-30-37)38-31-21-14-22-32-38;7-2-1-3(8)5(10)6(11)4(2)9;;/h11-22,25-32H,1-10,23-24,33-34H2;;1H;/q;-1;;+2/p-1. The van der Waals surface area contributed by atoms with Crippen LogP contribution in [-0.4, -0.2) is 12.3 Å². The summed E-state index contributed by atoms with van der Waals surface area (Å²) >= 11 is 1.61. The molecule has 0 fully saturated rings. The molecular formula is C44H48ClF5P2Pt. The van der Waals surface area contributed by atoms with Crippen molar-refractivity contribution in [3.05, 3.63) is 156 Å². The van der Waals surface area contributed by atoms with E-state index in [1.54, 1.807) is 18.8 Å². The van der Waals surface area contributed by atoms with E-state index in [-0.39, 0.29) is 15.8 Å². The largest absolute Gasteiger partial charge is 0.0622 e. The Labute approximate surface area is 331 Å². The summed E-state index contributed by atoms with van der Waals surface area (Å²) in [6.07, 6.45) is 19.4. The number of hydrogen-bond donors (Lipinski definition) is 0. The molecule has 0 spiro atoms. The van der Waals surface area contributed by atoms with Gasteiger partial charge in [-0.15, -0.1) is 6.07 Å². The van der Waals surface area contributed by atoms with Gasteiger partial charge in [0, 0.05) is 0 Å². The summed E-state index contributed by atoms with van der Waals surface area (Å²) in [6, 6.07) is 45.7. The third kappa shape index (κ3) is 16.5. The topological polar surface area (TPSA) is 0 Å². The van der Waals surface area contributed by atoms with E-state index >= 15 is 0 Å². The molecule has 0 radical (unpaired) electrons. The normalized spacial score (nSPS) is 10.8. The molecule has 0 nitrogen and oxygen atoms in total. The molecule has 9 heteroatoms. The Hall–Kier alpha value is -2.41. The van der Waals surface area contributed by atoms with E-state index in [0.717, 1.165) is 6.07 Å². The van der Waals surface area contributed by atoms with Crippen LogP contribution in [0.25, 0.3) is 0 Å². The summed E-state index contributed by atoms with van der Waals surface area (Å²) in [5.74, 6) is -10.0. The van der Waals surface area contributed by atoms with E-state index in [2.05, 4.69) is 131 Å². The molecule has 5 rings (SSSR count). The van der Waals surface area contributed by atoms with Crippen LogP contribution in [0.2, 0.25) is 0 Å². The van der Waals surface area contributed by atoms with E-state index in [1.807, 2.05) is 0 Å². The molecule has 0 aliphatic heterocycles. The fourth-order valence-electron chi connectivity index (χ4n) is 6.05. The van der Waals surface area contributed by atoms with Gasteiger partial charge >= 0.3 is 28.2 Å². The third-order valence-electron chi connectivity index (χ3n) is 8.78. The van der Waals surface area contributed by atoms with Gasteiger partial charge in [0.25, 0.3) is 0 Å². The van der Waals surface area contributed by atoms with Crippen molar-refractivity contribution in [3.63, 3.8) is 0 Å². The van der Waals surface area contributed by atoms with Crippen molar-refractivity contribution >= 4 is 46.5 Å². The van der Waals surface area contributed by atoms with Gasteiger partial charge in [0.1, 0.15) is 0 Å². The SMILES string of the molecule is Fc1[c-]c(F)c(F)c(F)c1F.[Cl][Pt+].c1ccc(P(CCCCCCCCCCCCCCP(c2ccccc2)c2ccccc2)c2ccccc2)cc1. The molecule has 0 amide bonds. The first-order valence-electron chi connectivity index (χ1n) is 18.2. The average molecular weight is 964 g/mol. The van der Waals surface area contributed by atoms with Crippen LogP contribution >= 0.6 is 25.3 Å². The van der Waals surface area contributed by atoms with Gasteiger partial charge in [0.15, 0.2) is 0 Å².